The van der Waals surface area contributed by atoms with E-state index in [1.807, 2.05) is 10.3 Å². The molecule has 9 heteroatoms. The van der Waals surface area contributed by atoms with Gasteiger partial charge in [0.1, 0.15) is 6.54 Å². The highest BCUT2D eigenvalue weighted by molar-refractivity contribution is 7.10. The van der Waals surface area contributed by atoms with Crippen LogP contribution in [0.5, 0.6) is 0 Å². The van der Waals surface area contributed by atoms with E-state index in [9.17, 15) is 19.2 Å². The van der Waals surface area contributed by atoms with Crippen molar-refractivity contribution >= 4 is 40.7 Å². The number of methoxy groups -OCH3 is 1. The average molecular weight is 444 g/mol. The Bertz CT molecular complexity index is 954. The average Bonchev–Trinajstić information content (AvgIpc) is 3.25. The number of hydrogen-bond donors (Lipinski definition) is 2. The summed E-state index contributed by atoms with van der Waals surface area (Å²) in [5, 5.41) is 7.29. The van der Waals surface area contributed by atoms with Gasteiger partial charge in [0.2, 0.25) is 17.7 Å². The van der Waals surface area contributed by atoms with Gasteiger partial charge in [-0.3, -0.25) is 19.2 Å². The third-order valence-electron chi connectivity index (χ3n) is 4.99. The zero-order valence-electron chi connectivity index (χ0n) is 17.3. The standard InChI is InChI=1S/C22H25N3O5S/c1-30-22(29)13-23-20(27)12-15-2-4-17(5-3-15)24-19(26)6-7-21(28)25-10-8-18-16(14-25)9-11-31-18/h2-5,9,11H,6-8,10,12-14H2,1H3,(H,23,27)(H,24,26). The largest absolute Gasteiger partial charge is 0.468 e. The van der Waals surface area contributed by atoms with Crippen LogP contribution in [0.2, 0.25) is 0 Å². The first-order chi connectivity index (χ1) is 14.9. The highest BCUT2D eigenvalue weighted by Crippen LogP contribution is 2.24. The van der Waals surface area contributed by atoms with E-state index < -0.39 is 5.97 Å². The highest BCUT2D eigenvalue weighted by atomic mass is 32.1. The maximum absolute atomic E-state index is 12.4. The molecular weight excluding hydrogens is 418 g/mol. The van der Waals surface area contributed by atoms with Crippen LogP contribution in [0.1, 0.15) is 28.8 Å². The van der Waals surface area contributed by atoms with Gasteiger partial charge in [0.05, 0.1) is 13.5 Å². The Morgan fingerprint density at radius 2 is 1.84 bits per heavy atom. The summed E-state index contributed by atoms with van der Waals surface area (Å²) in [5.41, 5.74) is 2.54. The summed E-state index contributed by atoms with van der Waals surface area (Å²) in [6.45, 7) is 1.14. The molecule has 0 spiro atoms. The quantitative estimate of drug-likeness (QED) is 0.606. The number of nitrogens with zero attached hydrogens (tertiary/aromatic N) is 1. The molecule has 0 saturated heterocycles. The topological polar surface area (TPSA) is 105 Å². The van der Waals surface area contributed by atoms with Gasteiger partial charge in [0.25, 0.3) is 0 Å². The molecule has 1 aliphatic rings. The molecule has 3 amide bonds. The van der Waals surface area contributed by atoms with Crippen molar-refractivity contribution in [3.63, 3.8) is 0 Å². The third kappa shape index (κ3) is 6.65. The number of esters is 1. The van der Waals surface area contributed by atoms with E-state index in [-0.39, 0.29) is 43.5 Å². The lowest BCUT2D eigenvalue weighted by Crippen LogP contribution is -2.35. The lowest BCUT2D eigenvalue weighted by Gasteiger charge is -2.27. The van der Waals surface area contributed by atoms with Crippen molar-refractivity contribution < 1.29 is 23.9 Å². The summed E-state index contributed by atoms with van der Waals surface area (Å²) < 4.78 is 4.47. The molecule has 1 aromatic carbocycles. The molecule has 3 rings (SSSR count). The Hall–Kier alpha value is -3.20. The van der Waals surface area contributed by atoms with Crippen LogP contribution in [-0.4, -0.2) is 48.8 Å². The van der Waals surface area contributed by atoms with E-state index in [1.165, 1.54) is 17.6 Å². The number of ether oxygens (including phenoxy) is 1. The van der Waals surface area contributed by atoms with Gasteiger partial charge in [0, 0.05) is 36.5 Å². The Morgan fingerprint density at radius 3 is 2.58 bits per heavy atom. The number of amides is 3. The number of hydrogen-bond acceptors (Lipinski definition) is 6. The third-order valence-corrected chi connectivity index (χ3v) is 6.01. The van der Waals surface area contributed by atoms with Crippen LogP contribution in [0.4, 0.5) is 5.69 Å². The summed E-state index contributed by atoms with van der Waals surface area (Å²) in [7, 11) is 1.25. The molecule has 1 aromatic heterocycles. The Morgan fingerprint density at radius 1 is 1.06 bits per heavy atom. The van der Waals surface area contributed by atoms with Gasteiger partial charge < -0.3 is 20.3 Å². The van der Waals surface area contributed by atoms with Crippen molar-refractivity contribution in [2.45, 2.75) is 32.2 Å². The molecule has 2 heterocycles. The zero-order valence-corrected chi connectivity index (χ0v) is 18.1. The fourth-order valence-electron chi connectivity index (χ4n) is 3.26. The van der Waals surface area contributed by atoms with Crippen molar-refractivity contribution in [3.8, 4) is 0 Å². The molecule has 0 saturated carbocycles. The van der Waals surface area contributed by atoms with E-state index in [0.29, 0.717) is 18.8 Å². The van der Waals surface area contributed by atoms with Crippen LogP contribution in [-0.2, 0) is 43.3 Å². The molecule has 0 unspecified atom stereocenters. The van der Waals surface area contributed by atoms with E-state index in [2.05, 4.69) is 21.4 Å². The minimum Gasteiger partial charge on any atom is -0.468 e. The minimum atomic E-state index is -0.513. The van der Waals surface area contributed by atoms with Crippen molar-refractivity contribution in [3.05, 3.63) is 51.7 Å². The molecule has 0 radical (unpaired) electrons. The summed E-state index contributed by atoms with van der Waals surface area (Å²) >= 11 is 1.72. The number of anilines is 1. The molecular formula is C22H25N3O5S. The molecule has 2 N–H and O–H groups in total. The van der Waals surface area contributed by atoms with E-state index in [0.717, 1.165) is 12.0 Å². The molecule has 164 valence electrons. The summed E-state index contributed by atoms with van der Waals surface area (Å²) in [4.78, 5) is 50.6. The lowest BCUT2D eigenvalue weighted by molar-refractivity contribution is -0.141. The van der Waals surface area contributed by atoms with Crippen molar-refractivity contribution in [2.24, 2.45) is 0 Å². The molecule has 0 atom stereocenters. The first-order valence-corrected chi connectivity index (χ1v) is 10.9. The molecule has 1 aliphatic heterocycles. The van der Waals surface area contributed by atoms with Crippen LogP contribution in [0, 0.1) is 0 Å². The number of benzene rings is 1. The lowest BCUT2D eigenvalue weighted by atomic mass is 10.1. The monoisotopic (exact) mass is 443 g/mol. The minimum absolute atomic E-state index is 0.0136. The predicted molar refractivity (Wildman–Crippen MR) is 116 cm³/mol. The van der Waals surface area contributed by atoms with Gasteiger partial charge in [-0.15, -0.1) is 11.3 Å². The summed E-state index contributed by atoms with van der Waals surface area (Å²) in [6, 6.07) is 8.91. The van der Waals surface area contributed by atoms with Gasteiger partial charge in [-0.25, -0.2) is 0 Å². The summed E-state index contributed by atoms with van der Waals surface area (Å²) in [5.74, 6) is -1.06. The Kier molecular flexibility index (Phi) is 7.77. The second kappa shape index (κ2) is 10.7. The first-order valence-electron chi connectivity index (χ1n) is 10.00. The molecule has 8 nitrogen and oxygen atoms in total. The maximum Gasteiger partial charge on any atom is 0.325 e. The number of fused-ring (bicyclic) bond motifs is 1. The Balaban J connectivity index is 1.40. The number of nitrogens with one attached hydrogen (secondary N) is 2. The first kappa shape index (κ1) is 22.5. The van der Waals surface area contributed by atoms with Crippen molar-refractivity contribution in [1.82, 2.24) is 10.2 Å². The van der Waals surface area contributed by atoms with Gasteiger partial charge in [-0.1, -0.05) is 12.1 Å². The highest BCUT2D eigenvalue weighted by Gasteiger charge is 2.21. The van der Waals surface area contributed by atoms with Gasteiger partial charge >= 0.3 is 5.97 Å². The molecule has 0 fully saturated rings. The van der Waals surface area contributed by atoms with Gasteiger partial charge in [0.15, 0.2) is 0 Å². The van der Waals surface area contributed by atoms with Crippen molar-refractivity contribution in [2.75, 3.05) is 25.5 Å². The van der Waals surface area contributed by atoms with E-state index in [1.54, 1.807) is 35.6 Å². The van der Waals surface area contributed by atoms with Crippen LogP contribution >= 0.6 is 11.3 Å². The zero-order chi connectivity index (χ0) is 22.2. The van der Waals surface area contributed by atoms with E-state index >= 15 is 0 Å². The number of carbonyl (C=O) groups is 4. The van der Waals surface area contributed by atoms with Crippen LogP contribution in [0.25, 0.3) is 0 Å². The fraction of sp³-hybridized carbons (Fsp3) is 0.364. The molecule has 31 heavy (non-hydrogen) atoms. The van der Waals surface area contributed by atoms with Crippen LogP contribution < -0.4 is 10.6 Å². The second-order valence-electron chi connectivity index (χ2n) is 7.21. The molecule has 0 aliphatic carbocycles. The van der Waals surface area contributed by atoms with Gasteiger partial charge in [-0.05, 0) is 41.1 Å². The van der Waals surface area contributed by atoms with Crippen LogP contribution in [0.15, 0.2) is 35.7 Å². The SMILES string of the molecule is COC(=O)CNC(=O)Cc1ccc(NC(=O)CCC(=O)N2CCc3sccc3C2)cc1. The van der Waals surface area contributed by atoms with Gasteiger partial charge in [-0.2, -0.15) is 0 Å². The maximum atomic E-state index is 12.4. The Labute approximate surface area is 184 Å². The molecule has 0 bridgehead atoms. The number of thiophene rings is 1. The normalized spacial score (nSPS) is 12.6. The number of carbonyl (C=O) groups excluding carboxylic acids is 4. The van der Waals surface area contributed by atoms with E-state index in [4.69, 9.17) is 0 Å². The molecule has 2 aromatic rings. The summed E-state index contributed by atoms with van der Waals surface area (Å²) in [6.07, 6.45) is 1.27. The number of rotatable bonds is 8. The van der Waals surface area contributed by atoms with Crippen LogP contribution in [0.3, 0.4) is 0 Å². The second-order valence-corrected chi connectivity index (χ2v) is 8.21. The van der Waals surface area contributed by atoms with Crippen molar-refractivity contribution in [1.29, 1.82) is 0 Å². The predicted octanol–water partition coefficient (Wildman–Crippen LogP) is 1.88. The fourth-order valence-corrected chi connectivity index (χ4v) is 4.15. The smallest absolute Gasteiger partial charge is 0.325 e.